The van der Waals surface area contributed by atoms with E-state index in [1.807, 2.05) is 59.5 Å². The van der Waals surface area contributed by atoms with Gasteiger partial charge in [0.2, 0.25) is 5.91 Å². The SMILES string of the molecule is CC(CCc1ccccc1)N(Cc1cccnc1)C(=O)CN1Cc2ccccc2C1=O. The van der Waals surface area contributed by atoms with Crippen molar-refractivity contribution >= 4 is 11.8 Å². The number of amides is 2. The highest BCUT2D eigenvalue weighted by atomic mass is 16.2. The number of fused-ring (bicyclic) bond motifs is 1. The molecular formula is C26H27N3O2. The van der Waals surface area contributed by atoms with Crippen LogP contribution in [0.5, 0.6) is 0 Å². The number of aryl methyl sites for hydroxylation is 1. The fourth-order valence-electron chi connectivity index (χ4n) is 4.05. The molecule has 1 atom stereocenters. The minimum Gasteiger partial charge on any atom is -0.334 e. The van der Waals surface area contributed by atoms with E-state index < -0.39 is 0 Å². The maximum atomic E-state index is 13.4. The molecule has 5 nitrogen and oxygen atoms in total. The Morgan fingerprint density at radius 2 is 1.77 bits per heavy atom. The van der Waals surface area contributed by atoms with Crippen LogP contribution in [0.2, 0.25) is 0 Å². The first-order valence-corrected chi connectivity index (χ1v) is 10.7. The van der Waals surface area contributed by atoms with Crippen molar-refractivity contribution in [3.05, 3.63) is 101 Å². The standard InChI is InChI=1S/C26H27N3O2/c1-20(13-14-21-8-3-2-4-9-21)29(17-22-10-7-15-27-16-22)25(30)19-28-18-23-11-5-6-12-24(23)26(28)31/h2-12,15-16,20H,13-14,17-19H2,1H3. The van der Waals surface area contributed by atoms with Crippen LogP contribution in [0.4, 0.5) is 0 Å². The third-order valence-corrected chi connectivity index (χ3v) is 5.84. The second-order valence-electron chi connectivity index (χ2n) is 8.07. The zero-order valence-corrected chi connectivity index (χ0v) is 17.8. The molecule has 0 radical (unpaired) electrons. The van der Waals surface area contributed by atoms with Crippen LogP contribution in [-0.2, 0) is 24.3 Å². The van der Waals surface area contributed by atoms with Gasteiger partial charge in [0.15, 0.2) is 0 Å². The number of rotatable bonds is 8. The predicted octanol–water partition coefficient (Wildman–Crippen LogP) is 4.09. The number of hydrogen-bond donors (Lipinski definition) is 0. The van der Waals surface area contributed by atoms with Crippen LogP contribution < -0.4 is 0 Å². The number of carbonyl (C=O) groups excluding carboxylic acids is 2. The van der Waals surface area contributed by atoms with Gasteiger partial charge in [-0.05, 0) is 48.6 Å². The molecule has 2 amide bonds. The smallest absolute Gasteiger partial charge is 0.254 e. The Labute approximate surface area is 183 Å². The molecule has 2 aromatic carbocycles. The molecule has 0 fully saturated rings. The van der Waals surface area contributed by atoms with Gasteiger partial charge >= 0.3 is 0 Å². The number of carbonyl (C=O) groups is 2. The molecule has 3 aromatic rings. The average molecular weight is 414 g/mol. The molecule has 1 aliphatic heterocycles. The molecule has 4 rings (SSSR count). The number of aromatic nitrogens is 1. The highest BCUT2D eigenvalue weighted by molar-refractivity contribution is 6.00. The normalized spacial score (nSPS) is 13.7. The van der Waals surface area contributed by atoms with Gasteiger partial charge in [-0.1, -0.05) is 54.6 Å². The lowest BCUT2D eigenvalue weighted by molar-refractivity contribution is -0.134. The van der Waals surface area contributed by atoms with E-state index in [2.05, 4.69) is 24.0 Å². The molecule has 2 heterocycles. The number of pyridine rings is 1. The Kier molecular flexibility index (Phi) is 6.41. The second-order valence-corrected chi connectivity index (χ2v) is 8.07. The van der Waals surface area contributed by atoms with E-state index in [0.717, 1.165) is 24.0 Å². The molecule has 0 N–H and O–H groups in total. The van der Waals surface area contributed by atoms with E-state index in [1.165, 1.54) is 5.56 Å². The van der Waals surface area contributed by atoms with E-state index in [4.69, 9.17) is 0 Å². The van der Waals surface area contributed by atoms with Crippen LogP contribution in [0.15, 0.2) is 79.1 Å². The Bertz CT molecular complexity index is 1040. The lowest BCUT2D eigenvalue weighted by Gasteiger charge is -2.31. The maximum absolute atomic E-state index is 13.4. The molecule has 31 heavy (non-hydrogen) atoms. The van der Waals surface area contributed by atoms with Crippen LogP contribution in [0.1, 0.15) is 40.4 Å². The third kappa shape index (κ3) is 5.00. The Balaban J connectivity index is 1.46. The summed E-state index contributed by atoms with van der Waals surface area (Å²) in [5.41, 5.74) is 3.93. The van der Waals surface area contributed by atoms with E-state index in [1.54, 1.807) is 17.3 Å². The highest BCUT2D eigenvalue weighted by Gasteiger charge is 2.30. The highest BCUT2D eigenvalue weighted by Crippen LogP contribution is 2.23. The summed E-state index contributed by atoms with van der Waals surface area (Å²) < 4.78 is 0. The summed E-state index contributed by atoms with van der Waals surface area (Å²) in [4.78, 5) is 33.8. The quantitative estimate of drug-likeness (QED) is 0.559. The fourth-order valence-corrected chi connectivity index (χ4v) is 4.05. The van der Waals surface area contributed by atoms with Gasteiger partial charge < -0.3 is 9.80 Å². The largest absolute Gasteiger partial charge is 0.334 e. The molecule has 0 spiro atoms. The molecule has 1 aliphatic rings. The predicted molar refractivity (Wildman–Crippen MR) is 120 cm³/mol. The van der Waals surface area contributed by atoms with Crippen LogP contribution >= 0.6 is 0 Å². The summed E-state index contributed by atoms with van der Waals surface area (Å²) >= 11 is 0. The van der Waals surface area contributed by atoms with Gasteiger partial charge in [-0.2, -0.15) is 0 Å². The lowest BCUT2D eigenvalue weighted by Crippen LogP contribution is -2.44. The Morgan fingerprint density at radius 1 is 1.03 bits per heavy atom. The average Bonchev–Trinajstić information content (AvgIpc) is 3.12. The molecule has 5 heteroatoms. The molecule has 158 valence electrons. The zero-order valence-electron chi connectivity index (χ0n) is 17.8. The van der Waals surface area contributed by atoms with Crippen molar-refractivity contribution in [2.75, 3.05) is 6.54 Å². The molecule has 1 unspecified atom stereocenters. The van der Waals surface area contributed by atoms with E-state index in [0.29, 0.717) is 18.7 Å². The topological polar surface area (TPSA) is 53.5 Å². The number of benzene rings is 2. The van der Waals surface area contributed by atoms with Gasteiger partial charge in [0.05, 0.1) is 0 Å². The summed E-state index contributed by atoms with van der Waals surface area (Å²) in [5.74, 6) is -0.104. The van der Waals surface area contributed by atoms with Crippen molar-refractivity contribution in [3.8, 4) is 0 Å². The molecular weight excluding hydrogens is 386 g/mol. The van der Waals surface area contributed by atoms with Crippen molar-refractivity contribution < 1.29 is 9.59 Å². The van der Waals surface area contributed by atoms with Crippen molar-refractivity contribution in [2.24, 2.45) is 0 Å². The summed E-state index contributed by atoms with van der Waals surface area (Å²) in [6, 6.07) is 21.8. The Hall–Kier alpha value is -3.47. The summed E-state index contributed by atoms with van der Waals surface area (Å²) in [6.07, 6.45) is 5.27. The van der Waals surface area contributed by atoms with Crippen molar-refractivity contribution in [3.63, 3.8) is 0 Å². The monoisotopic (exact) mass is 413 g/mol. The number of hydrogen-bond acceptors (Lipinski definition) is 3. The fraction of sp³-hybridized carbons (Fsp3) is 0.269. The first kappa shape index (κ1) is 20.8. The first-order chi connectivity index (χ1) is 15.1. The van der Waals surface area contributed by atoms with E-state index >= 15 is 0 Å². The Morgan fingerprint density at radius 3 is 2.52 bits per heavy atom. The molecule has 0 saturated carbocycles. The summed E-state index contributed by atoms with van der Waals surface area (Å²) in [5, 5.41) is 0. The molecule has 0 saturated heterocycles. The van der Waals surface area contributed by atoms with Gasteiger partial charge in [0.1, 0.15) is 6.54 Å². The van der Waals surface area contributed by atoms with Crippen LogP contribution in [0.25, 0.3) is 0 Å². The van der Waals surface area contributed by atoms with Gasteiger partial charge in [-0.25, -0.2) is 0 Å². The minimum absolute atomic E-state index is 0.0352. The van der Waals surface area contributed by atoms with Crippen molar-refractivity contribution in [1.82, 2.24) is 14.8 Å². The lowest BCUT2D eigenvalue weighted by atomic mass is 10.0. The summed E-state index contributed by atoms with van der Waals surface area (Å²) in [6.45, 7) is 3.14. The number of nitrogens with zero attached hydrogens (tertiary/aromatic N) is 3. The minimum atomic E-state index is -0.0674. The van der Waals surface area contributed by atoms with Gasteiger partial charge in [-0.3, -0.25) is 14.6 Å². The van der Waals surface area contributed by atoms with Crippen LogP contribution in [-0.4, -0.2) is 39.2 Å². The zero-order chi connectivity index (χ0) is 21.6. The van der Waals surface area contributed by atoms with Crippen molar-refractivity contribution in [1.29, 1.82) is 0 Å². The third-order valence-electron chi connectivity index (χ3n) is 5.84. The van der Waals surface area contributed by atoms with Crippen LogP contribution in [0.3, 0.4) is 0 Å². The first-order valence-electron chi connectivity index (χ1n) is 10.7. The molecule has 0 bridgehead atoms. The van der Waals surface area contributed by atoms with Gasteiger partial charge in [0, 0.05) is 37.1 Å². The maximum Gasteiger partial charge on any atom is 0.254 e. The molecule has 0 aliphatic carbocycles. The van der Waals surface area contributed by atoms with Gasteiger partial charge in [-0.15, -0.1) is 0 Å². The van der Waals surface area contributed by atoms with Gasteiger partial charge in [0.25, 0.3) is 5.91 Å². The molecule has 1 aromatic heterocycles. The summed E-state index contributed by atoms with van der Waals surface area (Å²) in [7, 11) is 0. The van der Waals surface area contributed by atoms with E-state index in [9.17, 15) is 9.59 Å². The second kappa shape index (κ2) is 9.56. The van der Waals surface area contributed by atoms with E-state index in [-0.39, 0.29) is 24.4 Å². The van der Waals surface area contributed by atoms with Crippen molar-refractivity contribution in [2.45, 2.75) is 38.9 Å². The van der Waals surface area contributed by atoms with Crippen LogP contribution in [0, 0.1) is 0 Å².